The molecule has 0 N–H and O–H groups in total. The van der Waals surface area contributed by atoms with Crippen molar-refractivity contribution in [2.45, 2.75) is 0 Å². The van der Waals surface area contributed by atoms with Gasteiger partial charge in [-0.05, 0) is 59.7 Å². The quantitative estimate of drug-likeness (QED) is 0.352. The van der Waals surface area contributed by atoms with E-state index in [1.165, 1.54) is 0 Å². The van der Waals surface area contributed by atoms with Gasteiger partial charge < -0.3 is 0 Å². The third-order valence-electron chi connectivity index (χ3n) is 3.63. The second-order valence-electron chi connectivity index (χ2n) is 5.74. The molecular formula is C24H24N6. The third-order valence-corrected chi connectivity index (χ3v) is 3.63. The summed E-state index contributed by atoms with van der Waals surface area (Å²) in [5.74, 6) is 0. The summed E-state index contributed by atoms with van der Waals surface area (Å²) in [7, 11) is 3.32. The molecule has 4 rings (SSSR count). The van der Waals surface area contributed by atoms with Gasteiger partial charge in [0.15, 0.2) is 0 Å². The average Bonchev–Trinajstić information content (AvgIpc) is 2.84. The second-order valence-corrected chi connectivity index (χ2v) is 5.74. The molecule has 0 radical (unpaired) electrons. The number of azo groups is 2. The number of hydrogen-bond donors (Lipinski definition) is 0. The Bertz CT molecular complexity index is 845. The zero-order chi connectivity index (χ0) is 21.3. The van der Waals surface area contributed by atoms with Gasteiger partial charge in [0.05, 0.1) is 11.4 Å². The zero-order valence-electron chi connectivity index (χ0n) is 17.1. The predicted octanol–water partition coefficient (Wildman–Crippen LogP) is 6.94. The van der Waals surface area contributed by atoms with Crippen molar-refractivity contribution in [2.24, 2.45) is 20.5 Å². The Labute approximate surface area is 177 Å². The van der Waals surface area contributed by atoms with E-state index in [1.807, 2.05) is 84.9 Å². The lowest BCUT2D eigenvalue weighted by Crippen LogP contribution is -1.76. The average molecular weight is 396 g/mol. The first kappa shape index (κ1) is 22.2. The SMILES string of the molecule is CN=Nc1ccc(-c2ccc(N=NC)cc2)cc1.c1ccncc1.c1ccncc1. The first-order valence-corrected chi connectivity index (χ1v) is 9.33. The van der Waals surface area contributed by atoms with Gasteiger partial charge in [-0.3, -0.25) is 9.97 Å². The van der Waals surface area contributed by atoms with Crippen LogP contribution < -0.4 is 0 Å². The van der Waals surface area contributed by atoms with Gasteiger partial charge in [-0.25, -0.2) is 0 Å². The molecule has 6 nitrogen and oxygen atoms in total. The standard InChI is InChI=1S/C14H14N4.2C5H5N/c1-15-17-13-7-3-11(4-8-13)12-5-9-14(10-6-12)18-16-2;2*1-2-4-6-5-3-1/h3-10H,1-2H3;2*1-5H. The number of nitrogens with zero attached hydrogens (tertiary/aromatic N) is 6. The van der Waals surface area contributed by atoms with Crippen molar-refractivity contribution in [3.05, 3.63) is 110 Å². The Hall–Kier alpha value is -4.06. The fraction of sp³-hybridized carbons (Fsp3) is 0.0833. The molecule has 0 aliphatic rings. The fourth-order valence-corrected chi connectivity index (χ4v) is 2.30. The molecule has 0 bridgehead atoms. The van der Waals surface area contributed by atoms with Crippen LogP contribution in [0, 0.1) is 0 Å². The minimum atomic E-state index is 0.859. The first-order chi connectivity index (χ1) is 14.8. The highest BCUT2D eigenvalue weighted by atomic mass is 15.1. The fourth-order valence-electron chi connectivity index (χ4n) is 2.30. The number of aromatic nitrogens is 2. The normalized spacial score (nSPS) is 10.1. The lowest BCUT2D eigenvalue weighted by molar-refractivity contribution is 1.17. The van der Waals surface area contributed by atoms with Crippen LogP contribution in [0.1, 0.15) is 0 Å². The van der Waals surface area contributed by atoms with Crippen LogP contribution in [0.3, 0.4) is 0 Å². The highest BCUT2D eigenvalue weighted by Crippen LogP contribution is 2.25. The Morgan fingerprint density at radius 2 is 0.800 bits per heavy atom. The molecule has 0 amide bonds. The van der Waals surface area contributed by atoms with Crippen LogP contribution in [0.2, 0.25) is 0 Å². The Morgan fingerprint density at radius 3 is 1.00 bits per heavy atom. The summed E-state index contributed by atoms with van der Waals surface area (Å²) in [5.41, 5.74) is 4.00. The van der Waals surface area contributed by atoms with Gasteiger partial charge in [-0.15, -0.1) is 0 Å². The summed E-state index contributed by atoms with van der Waals surface area (Å²) in [5, 5.41) is 15.4. The van der Waals surface area contributed by atoms with Crippen LogP contribution >= 0.6 is 0 Å². The number of hydrogen-bond acceptors (Lipinski definition) is 6. The molecule has 0 atom stereocenters. The minimum Gasteiger partial charge on any atom is -0.265 e. The molecule has 0 saturated heterocycles. The van der Waals surface area contributed by atoms with Crippen LogP contribution in [0.4, 0.5) is 11.4 Å². The highest BCUT2D eigenvalue weighted by molar-refractivity contribution is 5.66. The maximum atomic E-state index is 3.98. The molecule has 0 unspecified atom stereocenters. The van der Waals surface area contributed by atoms with E-state index < -0.39 is 0 Å². The van der Waals surface area contributed by atoms with Crippen molar-refractivity contribution >= 4 is 11.4 Å². The van der Waals surface area contributed by atoms with E-state index >= 15 is 0 Å². The van der Waals surface area contributed by atoms with Gasteiger partial charge >= 0.3 is 0 Å². The van der Waals surface area contributed by atoms with Crippen LogP contribution in [0.25, 0.3) is 11.1 Å². The van der Waals surface area contributed by atoms with E-state index in [1.54, 1.807) is 38.9 Å². The van der Waals surface area contributed by atoms with Crippen molar-refractivity contribution < 1.29 is 0 Å². The maximum Gasteiger partial charge on any atom is 0.0852 e. The molecule has 0 aliphatic heterocycles. The van der Waals surface area contributed by atoms with Crippen molar-refractivity contribution in [1.82, 2.24) is 9.97 Å². The Morgan fingerprint density at radius 1 is 0.467 bits per heavy atom. The molecule has 4 aromatic rings. The van der Waals surface area contributed by atoms with Crippen molar-refractivity contribution in [3.63, 3.8) is 0 Å². The van der Waals surface area contributed by atoms with Crippen LogP contribution in [-0.4, -0.2) is 24.1 Å². The van der Waals surface area contributed by atoms with Gasteiger partial charge in [0.1, 0.15) is 0 Å². The third kappa shape index (κ3) is 8.75. The summed E-state index contributed by atoms with van der Waals surface area (Å²) in [6.07, 6.45) is 7.00. The predicted molar refractivity (Wildman–Crippen MR) is 121 cm³/mol. The van der Waals surface area contributed by atoms with Crippen LogP contribution in [0.5, 0.6) is 0 Å². The monoisotopic (exact) mass is 396 g/mol. The molecular weight excluding hydrogens is 372 g/mol. The first-order valence-electron chi connectivity index (χ1n) is 9.33. The van der Waals surface area contributed by atoms with E-state index in [-0.39, 0.29) is 0 Å². The largest absolute Gasteiger partial charge is 0.265 e. The van der Waals surface area contributed by atoms with Gasteiger partial charge in [0.2, 0.25) is 0 Å². The molecule has 0 saturated carbocycles. The molecule has 150 valence electrons. The van der Waals surface area contributed by atoms with E-state index in [4.69, 9.17) is 0 Å². The van der Waals surface area contributed by atoms with Crippen LogP contribution in [0.15, 0.2) is 130 Å². The van der Waals surface area contributed by atoms with Crippen molar-refractivity contribution in [1.29, 1.82) is 0 Å². The van der Waals surface area contributed by atoms with E-state index in [9.17, 15) is 0 Å². The number of rotatable bonds is 3. The highest BCUT2D eigenvalue weighted by Gasteiger charge is 1.98. The topological polar surface area (TPSA) is 75.2 Å². The molecule has 0 fully saturated rings. The van der Waals surface area contributed by atoms with E-state index in [0.717, 1.165) is 22.5 Å². The molecule has 0 spiro atoms. The summed E-state index contributed by atoms with van der Waals surface area (Å²) in [6, 6.07) is 27.3. The molecule has 30 heavy (non-hydrogen) atoms. The summed E-state index contributed by atoms with van der Waals surface area (Å²) >= 11 is 0. The van der Waals surface area contributed by atoms with Gasteiger partial charge in [0.25, 0.3) is 0 Å². The lowest BCUT2D eigenvalue weighted by atomic mass is 10.1. The minimum absolute atomic E-state index is 0.859. The molecule has 2 aromatic heterocycles. The molecule has 2 heterocycles. The van der Waals surface area contributed by atoms with Crippen LogP contribution in [-0.2, 0) is 0 Å². The van der Waals surface area contributed by atoms with Gasteiger partial charge in [0, 0.05) is 38.9 Å². The number of benzene rings is 2. The summed E-state index contributed by atoms with van der Waals surface area (Å²) in [4.78, 5) is 7.57. The Balaban J connectivity index is 0.000000215. The Kier molecular flexibility index (Phi) is 10.4. The lowest BCUT2D eigenvalue weighted by Gasteiger charge is -2.02. The van der Waals surface area contributed by atoms with E-state index in [0.29, 0.717) is 0 Å². The van der Waals surface area contributed by atoms with Crippen molar-refractivity contribution in [3.8, 4) is 11.1 Å². The van der Waals surface area contributed by atoms with Crippen molar-refractivity contribution in [2.75, 3.05) is 14.1 Å². The van der Waals surface area contributed by atoms with Gasteiger partial charge in [-0.1, -0.05) is 36.4 Å². The zero-order valence-corrected chi connectivity index (χ0v) is 17.1. The summed E-state index contributed by atoms with van der Waals surface area (Å²) in [6.45, 7) is 0. The maximum absolute atomic E-state index is 3.98. The summed E-state index contributed by atoms with van der Waals surface area (Å²) < 4.78 is 0. The second kappa shape index (κ2) is 14.0. The van der Waals surface area contributed by atoms with Gasteiger partial charge in [-0.2, -0.15) is 20.5 Å². The molecule has 0 aliphatic carbocycles. The molecule has 2 aromatic carbocycles. The molecule has 6 heteroatoms. The van der Waals surface area contributed by atoms with E-state index in [2.05, 4.69) is 30.4 Å². The number of pyridine rings is 2. The smallest absolute Gasteiger partial charge is 0.0852 e.